The highest BCUT2D eigenvalue weighted by molar-refractivity contribution is 6.28. The van der Waals surface area contributed by atoms with Gasteiger partial charge in [0.15, 0.2) is 23.8 Å². The maximum absolute atomic E-state index is 13.9. The summed E-state index contributed by atoms with van der Waals surface area (Å²) in [5, 5.41) is 11.8. The Morgan fingerprint density at radius 2 is 1.76 bits per heavy atom. The highest BCUT2D eigenvalue weighted by atomic mass is 35.5. The average Bonchev–Trinajstić information content (AvgIpc) is 3.07. The van der Waals surface area contributed by atoms with Gasteiger partial charge in [-0.15, -0.1) is 11.6 Å². The first-order valence-corrected chi connectivity index (χ1v) is 13.4. The van der Waals surface area contributed by atoms with Gasteiger partial charge in [-0.1, -0.05) is 40.7 Å². The second-order valence-electron chi connectivity index (χ2n) is 11.4. The fourth-order valence-electron chi connectivity index (χ4n) is 7.84. The Morgan fingerprint density at radius 1 is 1.11 bits per heavy atom. The van der Waals surface area contributed by atoms with Crippen molar-refractivity contribution in [3.05, 3.63) is 23.8 Å². The summed E-state index contributed by atoms with van der Waals surface area (Å²) in [7, 11) is 0. The Balaban J connectivity index is 1.84. The fourth-order valence-corrected chi connectivity index (χ4v) is 8.31. The maximum Gasteiger partial charge on any atom is 0.306 e. The Morgan fingerprint density at radius 3 is 2.38 bits per heavy atom. The van der Waals surface area contributed by atoms with Crippen LogP contribution in [-0.2, 0) is 33.4 Å². The topological polar surface area (TPSA) is 124 Å². The molecule has 0 aromatic rings. The molecule has 4 aliphatic rings. The minimum Gasteiger partial charge on any atom is -0.457 e. The van der Waals surface area contributed by atoms with Crippen LogP contribution >= 0.6 is 11.6 Å². The molecule has 0 aromatic carbocycles. The number of hydrogen-bond donors (Lipinski definition) is 1. The van der Waals surface area contributed by atoms with Gasteiger partial charge >= 0.3 is 11.9 Å². The van der Waals surface area contributed by atoms with Crippen LogP contribution in [0.2, 0.25) is 0 Å². The molecule has 8 nitrogen and oxygen atoms in total. The van der Waals surface area contributed by atoms with Crippen molar-refractivity contribution < 1.29 is 38.6 Å². The monoisotopic (exact) mass is 534 g/mol. The fraction of sp³-hybridized carbons (Fsp3) is 0.679. The molecule has 0 spiro atoms. The van der Waals surface area contributed by atoms with Crippen molar-refractivity contribution in [1.29, 1.82) is 0 Å². The maximum atomic E-state index is 13.9. The van der Waals surface area contributed by atoms with Gasteiger partial charge in [0, 0.05) is 41.6 Å². The lowest BCUT2D eigenvalue weighted by Gasteiger charge is -2.63. The summed E-state index contributed by atoms with van der Waals surface area (Å²) in [6.07, 6.45) is 3.65. The molecule has 3 fully saturated rings. The summed E-state index contributed by atoms with van der Waals surface area (Å²) >= 11 is 7.39. The molecule has 3 saturated carbocycles. The molecule has 0 unspecified atom stereocenters. The molecule has 0 amide bonds. The van der Waals surface area contributed by atoms with Crippen LogP contribution < -0.4 is 0 Å². The third-order valence-electron chi connectivity index (χ3n) is 9.66. The standard InChI is InChI=1S/C28H35ClO8/c1-6-23(34)36-14-22(33)28(37-24(35)7-2)15(3)10-17-18-12-20(31)19-11-16(30)8-9-25(19,4)27(18,29)21(32)13-26(17,28)5/h8-9,11,15,17-18,21,32H,6-7,10,12-14H2,1-5H3/t15-,17-,18-,21-,25-,26-,27-,28-/m0/s1. The van der Waals surface area contributed by atoms with Gasteiger partial charge in [0.1, 0.15) is 0 Å². The summed E-state index contributed by atoms with van der Waals surface area (Å²) in [4.78, 5) is 62.6. The first kappa shape index (κ1) is 27.7. The molecule has 0 aromatic heterocycles. The number of allylic oxidation sites excluding steroid dienone is 4. The van der Waals surface area contributed by atoms with E-state index in [-0.39, 0.29) is 48.7 Å². The number of esters is 2. The third kappa shape index (κ3) is 3.62. The molecule has 4 rings (SSSR count). The van der Waals surface area contributed by atoms with Crippen LogP contribution in [0.1, 0.15) is 66.7 Å². The lowest BCUT2D eigenvalue weighted by molar-refractivity contribution is -0.203. The van der Waals surface area contributed by atoms with Crippen molar-refractivity contribution >= 4 is 40.9 Å². The van der Waals surface area contributed by atoms with Crippen LogP contribution in [0, 0.1) is 28.6 Å². The van der Waals surface area contributed by atoms with Crippen LogP contribution in [-0.4, -0.2) is 57.6 Å². The van der Waals surface area contributed by atoms with Crippen molar-refractivity contribution in [2.24, 2.45) is 28.6 Å². The number of aliphatic hydroxyl groups is 1. The van der Waals surface area contributed by atoms with E-state index in [4.69, 9.17) is 21.1 Å². The minimum absolute atomic E-state index is 0.00705. The molecule has 1 N–H and O–H groups in total. The van der Waals surface area contributed by atoms with Crippen molar-refractivity contribution in [3.63, 3.8) is 0 Å². The summed E-state index contributed by atoms with van der Waals surface area (Å²) in [6.45, 7) is 8.07. The van der Waals surface area contributed by atoms with E-state index < -0.39 is 63.6 Å². The normalized spacial score (nSPS) is 42.3. The zero-order valence-corrected chi connectivity index (χ0v) is 22.7. The molecule has 0 radical (unpaired) electrons. The number of halogens is 1. The van der Waals surface area contributed by atoms with Gasteiger partial charge in [-0.05, 0) is 36.8 Å². The molecule has 0 heterocycles. The quantitative estimate of drug-likeness (QED) is 0.407. The highest BCUT2D eigenvalue weighted by Crippen LogP contribution is 2.71. The Labute approximate surface area is 221 Å². The zero-order chi connectivity index (χ0) is 27.6. The van der Waals surface area contributed by atoms with Gasteiger partial charge in [-0.25, -0.2) is 0 Å². The number of carbonyl (C=O) groups excluding carboxylic acids is 5. The number of aliphatic hydroxyl groups excluding tert-OH is 1. The second kappa shape index (κ2) is 9.16. The van der Waals surface area contributed by atoms with E-state index in [1.807, 2.05) is 13.8 Å². The number of hydrogen-bond acceptors (Lipinski definition) is 8. The Hall–Kier alpha value is -2.32. The summed E-state index contributed by atoms with van der Waals surface area (Å²) < 4.78 is 11.2. The van der Waals surface area contributed by atoms with Crippen molar-refractivity contribution in [1.82, 2.24) is 0 Å². The van der Waals surface area contributed by atoms with Crippen LogP contribution in [0.4, 0.5) is 0 Å². The molecule has 37 heavy (non-hydrogen) atoms. The molecule has 9 heteroatoms. The van der Waals surface area contributed by atoms with E-state index in [0.29, 0.717) is 6.42 Å². The predicted molar refractivity (Wildman–Crippen MR) is 133 cm³/mol. The van der Waals surface area contributed by atoms with E-state index in [1.54, 1.807) is 26.8 Å². The molecule has 0 bridgehead atoms. The van der Waals surface area contributed by atoms with Crippen LogP contribution in [0.3, 0.4) is 0 Å². The van der Waals surface area contributed by atoms with Gasteiger partial charge in [0.25, 0.3) is 0 Å². The summed E-state index contributed by atoms with van der Waals surface area (Å²) in [6, 6.07) is 0. The highest BCUT2D eigenvalue weighted by Gasteiger charge is 2.77. The SMILES string of the molecule is CCC(=O)OCC(=O)[C@@]1(OC(=O)CC)[C@@H](C)C[C@H]2[C@@H]3CC(=O)C4=CC(=O)C=C[C@]4(C)[C@@]3(Cl)[C@@H](O)C[C@@]21C. The lowest BCUT2D eigenvalue weighted by atomic mass is 9.45. The number of alkyl halides is 1. The van der Waals surface area contributed by atoms with E-state index in [0.717, 1.165) is 0 Å². The van der Waals surface area contributed by atoms with E-state index in [2.05, 4.69) is 0 Å². The second-order valence-corrected chi connectivity index (χ2v) is 12.0. The Kier molecular flexibility index (Phi) is 6.86. The first-order valence-electron chi connectivity index (χ1n) is 13.0. The first-order chi connectivity index (χ1) is 17.2. The van der Waals surface area contributed by atoms with Gasteiger partial charge < -0.3 is 14.6 Å². The molecule has 202 valence electrons. The lowest BCUT2D eigenvalue weighted by Crippen LogP contribution is -2.70. The van der Waals surface area contributed by atoms with Gasteiger partial charge in [0.2, 0.25) is 5.78 Å². The van der Waals surface area contributed by atoms with Gasteiger partial charge in [0.05, 0.1) is 11.0 Å². The number of ether oxygens (including phenoxy) is 2. The number of carbonyl (C=O) groups is 5. The van der Waals surface area contributed by atoms with E-state index in [1.165, 1.54) is 12.2 Å². The molecule has 8 atom stereocenters. The van der Waals surface area contributed by atoms with Crippen molar-refractivity contribution in [2.75, 3.05) is 6.61 Å². The number of Topliss-reactive ketones (excluding diaryl/α,β-unsaturated/α-hetero) is 2. The van der Waals surface area contributed by atoms with Gasteiger partial charge in [-0.3, -0.25) is 24.0 Å². The van der Waals surface area contributed by atoms with E-state index in [9.17, 15) is 29.1 Å². The molecule has 0 saturated heterocycles. The number of ketones is 3. The largest absolute Gasteiger partial charge is 0.457 e. The Bertz CT molecular complexity index is 1130. The van der Waals surface area contributed by atoms with Crippen LogP contribution in [0.15, 0.2) is 23.8 Å². The smallest absolute Gasteiger partial charge is 0.306 e. The van der Waals surface area contributed by atoms with Crippen LogP contribution in [0.25, 0.3) is 0 Å². The predicted octanol–water partition coefficient (Wildman–Crippen LogP) is 3.27. The molecule has 0 aliphatic heterocycles. The number of fused-ring (bicyclic) bond motifs is 5. The third-order valence-corrected chi connectivity index (χ3v) is 10.6. The molecule has 4 aliphatic carbocycles. The van der Waals surface area contributed by atoms with Crippen LogP contribution in [0.5, 0.6) is 0 Å². The zero-order valence-electron chi connectivity index (χ0n) is 22.0. The van der Waals surface area contributed by atoms with Crippen molar-refractivity contribution in [3.8, 4) is 0 Å². The molecular weight excluding hydrogens is 500 g/mol. The molecular formula is C28H35ClO8. The average molecular weight is 535 g/mol. The van der Waals surface area contributed by atoms with Gasteiger partial charge in [-0.2, -0.15) is 0 Å². The summed E-state index contributed by atoms with van der Waals surface area (Å²) in [5.74, 6) is -3.62. The van der Waals surface area contributed by atoms with E-state index >= 15 is 0 Å². The van der Waals surface area contributed by atoms with Crippen molar-refractivity contribution in [2.45, 2.75) is 83.3 Å². The summed E-state index contributed by atoms with van der Waals surface area (Å²) in [5.41, 5.74) is -3.57. The number of rotatable bonds is 6. The minimum atomic E-state index is -1.67.